The van der Waals surface area contributed by atoms with Gasteiger partial charge in [-0.05, 0) is 11.5 Å². The maximum absolute atomic E-state index is 6.30. The van der Waals surface area contributed by atoms with Crippen LogP contribution in [0.15, 0.2) is 30.3 Å². The third-order valence-corrected chi connectivity index (χ3v) is 3.45. The Morgan fingerprint density at radius 3 is 2.53 bits per heavy atom. The molecule has 3 nitrogen and oxygen atoms in total. The Bertz CT molecular complexity index is 322. The summed E-state index contributed by atoms with van der Waals surface area (Å²) in [6.07, 6.45) is 0. The van der Waals surface area contributed by atoms with Crippen LogP contribution >= 0.6 is 0 Å². The fourth-order valence-corrected chi connectivity index (χ4v) is 2.31. The number of ether oxygens (including phenoxy) is 1. The van der Waals surface area contributed by atoms with Crippen molar-refractivity contribution in [2.75, 3.05) is 32.8 Å². The van der Waals surface area contributed by atoms with Crippen LogP contribution in [0.4, 0.5) is 0 Å². The van der Waals surface area contributed by atoms with Crippen molar-refractivity contribution in [3.8, 4) is 0 Å². The van der Waals surface area contributed by atoms with Crippen LogP contribution in [0.5, 0.6) is 0 Å². The van der Waals surface area contributed by atoms with Gasteiger partial charge in [0.05, 0.1) is 13.2 Å². The predicted molar refractivity (Wildman–Crippen MR) is 69.8 cm³/mol. The number of nitrogens with zero attached hydrogens (tertiary/aromatic N) is 1. The van der Waals surface area contributed by atoms with Crippen LogP contribution in [0.25, 0.3) is 0 Å². The first kappa shape index (κ1) is 12.6. The number of hydrogen-bond acceptors (Lipinski definition) is 3. The summed E-state index contributed by atoms with van der Waals surface area (Å²) in [5.41, 5.74) is 7.53. The predicted octanol–water partition coefficient (Wildman–Crippen LogP) is 1.65. The van der Waals surface area contributed by atoms with E-state index >= 15 is 0 Å². The van der Waals surface area contributed by atoms with Crippen molar-refractivity contribution in [2.45, 2.75) is 13.0 Å². The summed E-state index contributed by atoms with van der Waals surface area (Å²) >= 11 is 0. The van der Waals surface area contributed by atoms with Gasteiger partial charge in [0, 0.05) is 25.7 Å². The molecule has 3 heteroatoms. The Labute approximate surface area is 104 Å². The minimum atomic E-state index is 0.124. The van der Waals surface area contributed by atoms with E-state index in [1.165, 1.54) is 5.56 Å². The Hall–Kier alpha value is -0.900. The molecule has 1 aliphatic heterocycles. The molecule has 0 saturated carbocycles. The summed E-state index contributed by atoms with van der Waals surface area (Å²) in [6, 6.07) is 10.5. The van der Waals surface area contributed by atoms with Gasteiger partial charge in [0.2, 0.25) is 0 Å². The highest BCUT2D eigenvalue weighted by Crippen LogP contribution is 2.20. The zero-order chi connectivity index (χ0) is 12.1. The molecule has 1 aromatic carbocycles. The lowest BCUT2D eigenvalue weighted by Gasteiger charge is -2.31. The fourth-order valence-electron chi connectivity index (χ4n) is 2.31. The summed E-state index contributed by atoms with van der Waals surface area (Å²) in [5, 5.41) is 0. The number of morpholine rings is 1. The normalized spacial score (nSPS) is 21.1. The van der Waals surface area contributed by atoms with Gasteiger partial charge in [-0.2, -0.15) is 0 Å². The van der Waals surface area contributed by atoms with E-state index in [-0.39, 0.29) is 6.04 Å². The van der Waals surface area contributed by atoms with Crippen molar-refractivity contribution in [3.05, 3.63) is 35.9 Å². The zero-order valence-electron chi connectivity index (χ0n) is 10.5. The monoisotopic (exact) mass is 234 g/mol. The number of hydrogen-bond donors (Lipinski definition) is 1. The second-order valence-electron chi connectivity index (χ2n) is 4.83. The molecular weight excluding hydrogens is 212 g/mol. The van der Waals surface area contributed by atoms with Crippen LogP contribution < -0.4 is 5.73 Å². The van der Waals surface area contributed by atoms with Gasteiger partial charge in [0.25, 0.3) is 0 Å². The van der Waals surface area contributed by atoms with E-state index in [0.29, 0.717) is 5.92 Å². The molecule has 94 valence electrons. The van der Waals surface area contributed by atoms with Crippen LogP contribution in [-0.2, 0) is 4.74 Å². The zero-order valence-corrected chi connectivity index (χ0v) is 10.5. The van der Waals surface area contributed by atoms with Gasteiger partial charge in [-0.15, -0.1) is 0 Å². The fraction of sp³-hybridized carbons (Fsp3) is 0.571. The minimum absolute atomic E-state index is 0.124. The van der Waals surface area contributed by atoms with Crippen LogP contribution in [0.2, 0.25) is 0 Å². The van der Waals surface area contributed by atoms with E-state index in [9.17, 15) is 0 Å². The lowest BCUT2D eigenvalue weighted by molar-refractivity contribution is 0.0301. The SMILES string of the molecule is C[C@@H](CN1CCOCC1)[C@@H](N)c1ccccc1. The molecule has 1 aliphatic rings. The van der Waals surface area contributed by atoms with Crippen molar-refractivity contribution in [1.29, 1.82) is 0 Å². The maximum atomic E-state index is 6.30. The van der Waals surface area contributed by atoms with Crippen LogP contribution in [0.3, 0.4) is 0 Å². The van der Waals surface area contributed by atoms with Crippen LogP contribution in [-0.4, -0.2) is 37.7 Å². The lowest BCUT2D eigenvalue weighted by Crippen LogP contribution is -2.40. The third kappa shape index (κ3) is 3.53. The highest BCUT2D eigenvalue weighted by Gasteiger charge is 2.19. The van der Waals surface area contributed by atoms with Gasteiger partial charge in [-0.25, -0.2) is 0 Å². The average molecular weight is 234 g/mol. The summed E-state index contributed by atoms with van der Waals surface area (Å²) in [4.78, 5) is 2.44. The summed E-state index contributed by atoms with van der Waals surface area (Å²) < 4.78 is 5.35. The summed E-state index contributed by atoms with van der Waals surface area (Å²) in [7, 11) is 0. The van der Waals surface area contributed by atoms with Crippen molar-refractivity contribution < 1.29 is 4.74 Å². The molecule has 1 saturated heterocycles. The molecule has 2 atom stereocenters. The van der Waals surface area contributed by atoms with Gasteiger partial charge in [0.15, 0.2) is 0 Å². The van der Waals surface area contributed by atoms with Gasteiger partial charge in [-0.3, -0.25) is 4.90 Å². The molecule has 0 bridgehead atoms. The molecule has 0 aliphatic carbocycles. The standard InChI is InChI=1S/C14H22N2O/c1-12(11-16-7-9-17-10-8-16)14(15)13-5-3-2-4-6-13/h2-6,12,14H,7-11,15H2,1H3/t12-,14+/m0/s1. The molecule has 2 N–H and O–H groups in total. The summed E-state index contributed by atoms with van der Waals surface area (Å²) in [5.74, 6) is 0.468. The van der Waals surface area contributed by atoms with Crippen molar-refractivity contribution in [3.63, 3.8) is 0 Å². The van der Waals surface area contributed by atoms with Crippen molar-refractivity contribution >= 4 is 0 Å². The highest BCUT2D eigenvalue weighted by molar-refractivity contribution is 5.19. The minimum Gasteiger partial charge on any atom is -0.379 e. The number of benzene rings is 1. The molecule has 17 heavy (non-hydrogen) atoms. The van der Waals surface area contributed by atoms with Crippen LogP contribution in [0, 0.1) is 5.92 Å². The highest BCUT2D eigenvalue weighted by atomic mass is 16.5. The van der Waals surface area contributed by atoms with E-state index in [1.807, 2.05) is 6.07 Å². The van der Waals surface area contributed by atoms with Gasteiger partial charge in [0.1, 0.15) is 0 Å². The molecule has 0 spiro atoms. The van der Waals surface area contributed by atoms with Gasteiger partial charge in [-0.1, -0.05) is 37.3 Å². The molecule has 1 fully saturated rings. The smallest absolute Gasteiger partial charge is 0.0594 e. The van der Waals surface area contributed by atoms with E-state index in [4.69, 9.17) is 10.5 Å². The molecular formula is C14H22N2O. The first-order chi connectivity index (χ1) is 8.27. The topological polar surface area (TPSA) is 38.5 Å². The molecule has 1 heterocycles. The van der Waals surface area contributed by atoms with Crippen molar-refractivity contribution in [1.82, 2.24) is 4.90 Å². The van der Waals surface area contributed by atoms with E-state index in [1.54, 1.807) is 0 Å². The molecule has 0 unspecified atom stereocenters. The van der Waals surface area contributed by atoms with Crippen LogP contribution in [0.1, 0.15) is 18.5 Å². The molecule has 0 radical (unpaired) electrons. The summed E-state index contributed by atoms with van der Waals surface area (Å²) in [6.45, 7) is 7.06. The average Bonchev–Trinajstić information content (AvgIpc) is 2.40. The van der Waals surface area contributed by atoms with E-state index in [0.717, 1.165) is 32.8 Å². The quantitative estimate of drug-likeness (QED) is 0.861. The lowest BCUT2D eigenvalue weighted by atomic mass is 9.95. The second-order valence-corrected chi connectivity index (χ2v) is 4.83. The molecule has 2 rings (SSSR count). The van der Waals surface area contributed by atoms with E-state index in [2.05, 4.69) is 36.1 Å². The van der Waals surface area contributed by atoms with Gasteiger partial charge < -0.3 is 10.5 Å². The first-order valence-corrected chi connectivity index (χ1v) is 6.38. The number of rotatable bonds is 4. The molecule has 0 amide bonds. The molecule has 1 aromatic rings. The number of nitrogens with two attached hydrogens (primary N) is 1. The van der Waals surface area contributed by atoms with E-state index < -0.39 is 0 Å². The molecule has 0 aromatic heterocycles. The Morgan fingerprint density at radius 1 is 1.24 bits per heavy atom. The Kier molecular flexibility index (Phi) is 4.54. The third-order valence-electron chi connectivity index (χ3n) is 3.45. The Balaban J connectivity index is 1.88. The van der Waals surface area contributed by atoms with Crippen molar-refractivity contribution in [2.24, 2.45) is 11.7 Å². The Morgan fingerprint density at radius 2 is 1.88 bits per heavy atom. The maximum Gasteiger partial charge on any atom is 0.0594 e. The van der Waals surface area contributed by atoms with Gasteiger partial charge >= 0.3 is 0 Å². The second kappa shape index (κ2) is 6.15. The first-order valence-electron chi connectivity index (χ1n) is 6.38. The largest absolute Gasteiger partial charge is 0.379 e.